The van der Waals surface area contributed by atoms with Gasteiger partial charge in [-0.15, -0.1) is 0 Å². The van der Waals surface area contributed by atoms with E-state index in [1.807, 2.05) is 0 Å². The van der Waals surface area contributed by atoms with Crippen LogP contribution >= 0.6 is 11.6 Å². The molecule has 0 amide bonds. The van der Waals surface area contributed by atoms with Gasteiger partial charge in [0.25, 0.3) is 10.0 Å². The average Bonchev–Trinajstić information content (AvgIpc) is 2.38. The Labute approximate surface area is 124 Å². The van der Waals surface area contributed by atoms with Gasteiger partial charge < -0.3 is 0 Å². The molecule has 0 saturated heterocycles. The van der Waals surface area contributed by atoms with Crippen LogP contribution in [0.15, 0.2) is 53.4 Å². The molecule has 21 heavy (non-hydrogen) atoms. The summed E-state index contributed by atoms with van der Waals surface area (Å²) in [6.07, 6.45) is -4.65. The quantitative estimate of drug-likeness (QED) is 0.915. The number of hydrogen-bond donors (Lipinski definition) is 1. The van der Waals surface area contributed by atoms with E-state index >= 15 is 0 Å². The molecule has 0 atom stereocenters. The monoisotopic (exact) mass is 335 g/mol. The van der Waals surface area contributed by atoms with Gasteiger partial charge in [0, 0.05) is 5.69 Å². The molecule has 2 aromatic carbocycles. The van der Waals surface area contributed by atoms with E-state index in [-0.39, 0.29) is 10.7 Å². The zero-order valence-electron chi connectivity index (χ0n) is 10.4. The van der Waals surface area contributed by atoms with Gasteiger partial charge in [0.1, 0.15) is 4.90 Å². The summed E-state index contributed by atoms with van der Waals surface area (Å²) in [7, 11) is -4.21. The Hall–Kier alpha value is -1.73. The maximum Gasteiger partial charge on any atom is 0.416 e. The summed E-state index contributed by atoms with van der Waals surface area (Å²) in [5.41, 5.74) is -0.855. The maximum absolute atomic E-state index is 12.7. The van der Waals surface area contributed by atoms with Gasteiger partial charge in [-0.2, -0.15) is 13.2 Å². The average molecular weight is 336 g/mol. The number of halogens is 4. The highest BCUT2D eigenvalue weighted by Crippen LogP contribution is 2.33. The molecule has 3 nitrogen and oxygen atoms in total. The first-order valence-corrected chi connectivity index (χ1v) is 7.51. The number of sulfonamides is 1. The van der Waals surface area contributed by atoms with E-state index in [2.05, 4.69) is 4.72 Å². The van der Waals surface area contributed by atoms with Gasteiger partial charge in [-0.3, -0.25) is 4.72 Å². The fourth-order valence-electron chi connectivity index (χ4n) is 1.60. The molecule has 112 valence electrons. The highest BCUT2D eigenvalue weighted by molar-refractivity contribution is 7.92. The van der Waals surface area contributed by atoms with E-state index in [0.29, 0.717) is 6.07 Å². The minimum absolute atomic E-state index is 0.228. The van der Waals surface area contributed by atoms with Crippen LogP contribution in [0.1, 0.15) is 5.56 Å². The van der Waals surface area contributed by atoms with Crippen molar-refractivity contribution in [1.29, 1.82) is 0 Å². The van der Waals surface area contributed by atoms with Crippen LogP contribution in [-0.2, 0) is 16.2 Å². The third-order valence-corrected chi connectivity index (χ3v) is 4.44. The molecule has 0 bridgehead atoms. The topological polar surface area (TPSA) is 46.2 Å². The Morgan fingerprint density at radius 3 is 2.19 bits per heavy atom. The van der Waals surface area contributed by atoms with Gasteiger partial charge in [0.15, 0.2) is 0 Å². The normalized spacial score (nSPS) is 12.2. The fourth-order valence-corrected chi connectivity index (χ4v) is 3.19. The summed E-state index contributed by atoms with van der Waals surface area (Å²) in [6.45, 7) is 0. The van der Waals surface area contributed by atoms with Gasteiger partial charge in [0.2, 0.25) is 0 Å². The molecule has 8 heteroatoms. The number of para-hydroxylation sites is 1. The van der Waals surface area contributed by atoms with Crippen molar-refractivity contribution in [2.45, 2.75) is 11.1 Å². The molecule has 0 unspecified atom stereocenters. The molecule has 0 aliphatic heterocycles. The number of alkyl halides is 3. The molecular weight excluding hydrogens is 327 g/mol. The number of rotatable bonds is 3. The smallest absolute Gasteiger partial charge is 0.280 e. The molecule has 0 saturated carbocycles. The second-order valence-electron chi connectivity index (χ2n) is 4.11. The van der Waals surface area contributed by atoms with E-state index in [0.717, 1.165) is 12.1 Å². The predicted molar refractivity (Wildman–Crippen MR) is 73.7 cm³/mol. The summed E-state index contributed by atoms with van der Waals surface area (Å²) in [4.78, 5) is -0.622. The van der Waals surface area contributed by atoms with Gasteiger partial charge in [-0.25, -0.2) is 8.42 Å². The van der Waals surface area contributed by atoms with Crippen molar-refractivity contribution in [3.05, 3.63) is 59.1 Å². The van der Waals surface area contributed by atoms with Crippen LogP contribution in [-0.4, -0.2) is 8.42 Å². The minimum atomic E-state index is -4.65. The molecule has 0 aromatic heterocycles. The van der Waals surface area contributed by atoms with Crippen molar-refractivity contribution in [2.75, 3.05) is 4.72 Å². The first-order chi connectivity index (χ1) is 9.70. The SMILES string of the molecule is O=S(=O)(Nc1ccccc1)c1cc(C(F)(F)F)ccc1Cl. The van der Waals surface area contributed by atoms with Crippen molar-refractivity contribution in [3.63, 3.8) is 0 Å². The summed E-state index contributed by atoms with van der Waals surface area (Å²) in [5, 5.41) is -0.286. The van der Waals surface area contributed by atoms with E-state index in [4.69, 9.17) is 11.6 Å². The first kappa shape index (κ1) is 15.7. The Morgan fingerprint density at radius 1 is 1.00 bits per heavy atom. The van der Waals surface area contributed by atoms with Crippen LogP contribution in [0, 0.1) is 0 Å². The van der Waals surface area contributed by atoms with Crippen LogP contribution in [0.3, 0.4) is 0 Å². The van der Waals surface area contributed by atoms with E-state index in [9.17, 15) is 21.6 Å². The van der Waals surface area contributed by atoms with Crippen molar-refractivity contribution in [2.24, 2.45) is 0 Å². The van der Waals surface area contributed by atoms with Crippen molar-refractivity contribution in [3.8, 4) is 0 Å². The zero-order chi connectivity index (χ0) is 15.7. The van der Waals surface area contributed by atoms with Crippen molar-refractivity contribution >= 4 is 27.3 Å². The van der Waals surface area contributed by atoms with E-state index in [1.54, 1.807) is 18.2 Å². The zero-order valence-corrected chi connectivity index (χ0v) is 11.9. The second-order valence-corrected chi connectivity index (χ2v) is 6.17. The number of hydrogen-bond acceptors (Lipinski definition) is 2. The Morgan fingerprint density at radius 2 is 1.62 bits per heavy atom. The largest absolute Gasteiger partial charge is 0.416 e. The lowest BCUT2D eigenvalue weighted by Crippen LogP contribution is -2.15. The Balaban J connectivity index is 2.45. The molecular formula is C13H9ClF3NO2S. The predicted octanol–water partition coefficient (Wildman–Crippen LogP) is 4.16. The van der Waals surface area contributed by atoms with Gasteiger partial charge in [-0.05, 0) is 30.3 Å². The first-order valence-electron chi connectivity index (χ1n) is 5.65. The Bertz CT molecular complexity index is 746. The molecule has 0 spiro atoms. The van der Waals surface area contributed by atoms with Crippen LogP contribution in [0.4, 0.5) is 18.9 Å². The highest BCUT2D eigenvalue weighted by atomic mass is 35.5. The number of anilines is 1. The molecule has 2 aromatic rings. The molecule has 0 radical (unpaired) electrons. The van der Waals surface area contributed by atoms with Gasteiger partial charge >= 0.3 is 6.18 Å². The lowest BCUT2D eigenvalue weighted by Gasteiger charge is -2.12. The summed E-state index contributed by atoms with van der Waals surface area (Å²) < 4.78 is 64.4. The molecule has 2 rings (SSSR count). The lowest BCUT2D eigenvalue weighted by molar-refractivity contribution is -0.137. The fraction of sp³-hybridized carbons (Fsp3) is 0.0769. The van der Waals surface area contributed by atoms with Crippen LogP contribution in [0.2, 0.25) is 5.02 Å². The third-order valence-electron chi connectivity index (χ3n) is 2.57. The van der Waals surface area contributed by atoms with Crippen LogP contribution in [0.25, 0.3) is 0 Å². The van der Waals surface area contributed by atoms with Crippen LogP contribution in [0.5, 0.6) is 0 Å². The van der Waals surface area contributed by atoms with Gasteiger partial charge in [0.05, 0.1) is 10.6 Å². The lowest BCUT2D eigenvalue weighted by atomic mass is 10.2. The van der Waals surface area contributed by atoms with Crippen molar-refractivity contribution in [1.82, 2.24) is 0 Å². The van der Waals surface area contributed by atoms with E-state index < -0.39 is 26.7 Å². The third kappa shape index (κ3) is 3.68. The maximum atomic E-state index is 12.7. The molecule has 0 fully saturated rings. The molecule has 0 aliphatic carbocycles. The highest BCUT2D eigenvalue weighted by Gasteiger charge is 2.32. The summed E-state index contributed by atoms with van der Waals surface area (Å²) >= 11 is 5.71. The molecule has 1 N–H and O–H groups in total. The number of benzene rings is 2. The summed E-state index contributed by atoms with van der Waals surface area (Å²) in [5.74, 6) is 0. The minimum Gasteiger partial charge on any atom is -0.280 e. The van der Waals surface area contributed by atoms with E-state index in [1.165, 1.54) is 12.1 Å². The standard InChI is InChI=1S/C13H9ClF3NO2S/c14-11-7-6-9(13(15,16)17)8-12(11)21(19,20)18-10-4-2-1-3-5-10/h1-8,18H. The molecule has 0 aliphatic rings. The van der Waals surface area contributed by atoms with Crippen molar-refractivity contribution < 1.29 is 21.6 Å². The van der Waals surface area contributed by atoms with Crippen LogP contribution < -0.4 is 4.72 Å². The second kappa shape index (κ2) is 5.57. The van der Waals surface area contributed by atoms with Gasteiger partial charge in [-0.1, -0.05) is 29.8 Å². The summed E-state index contributed by atoms with van der Waals surface area (Å²) in [6, 6.07) is 9.94. The Kier molecular flexibility index (Phi) is 4.15. The molecule has 0 heterocycles. The number of nitrogens with one attached hydrogen (secondary N) is 1.